The number of hydrogen-bond donors (Lipinski definition) is 1. The van der Waals surface area contributed by atoms with E-state index < -0.39 is 20.6 Å². The van der Waals surface area contributed by atoms with Crippen molar-refractivity contribution in [1.29, 1.82) is 5.26 Å². The second kappa shape index (κ2) is 5.63. The van der Waals surface area contributed by atoms with Crippen LogP contribution in [-0.2, 0) is 17.1 Å². The lowest BCUT2D eigenvalue weighted by atomic mass is 10.3. The zero-order valence-electron chi connectivity index (χ0n) is 11.0. The van der Waals surface area contributed by atoms with E-state index in [2.05, 4.69) is 9.82 Å². The Bertz CT molecular complexity index is 900. The van der Waals surface area contributed by atoms with Gasteiger partial charge in [-0.15, -0.1) is 0 Å². The zero-order chi connectivity index (χ0) is 16.5. The van der Waals surface area contributed by atoms with Crippen LogP contribution in [0.3, 0.4) is 0 Å². The predicted molar refractivity (Wildman–Crippen MR) is 76.8 cm³/mol. The summed E-state index contributed by atoms with van der Waals surface area (Å²) in [7, 11) is -2.69. The lowest BCUT2D eigenvalue weighted by Crippen LogP contribution is -2.16. The molecule has 1 aromatic heterocycles. The number of nitriles is 1. The normalized spacial score (nSPS) is 11.0. The molecule has 0 atom stereocenters. The van der Waals surface area contributed by atoms with E-state index in [-0.39, 0.29) is 21.3 Å². The summed E-state index contributed by atoms with van der Waals surface area (Å²) in [6.07, 6.45) is 1.20. The fourth-order valence-corrected chi connectivity index (χ4v) is 2.94. The Morgan fingerprint density at radius 2 is 2.18 bits per heavy atom. The smallest absolute Gasteiger partial charge is 0.262 e. The van der Waals surface area contributed by atoms with E-state index in [4.69, 9.17) is 16.9 Å². The van der Waals surface area contributed by atoms with Gasteiger partial charge in [-0.25, -0.2) is 8.42 Å². The number of aromatic nitrogens is 2. The summed E-state index contributed by atoms with van der Waals surface area (Å²) in [6, 6.07) is 4.87. The van der Waals surface area contributed by atoms with Crippen molar-refractivity contribution in [1.82, 2.24) is 9.78 Å². The zero-order valence-corrected chi connectivity index (χ0v) is 12.6. The van der Waals surface area contributed by atoms with Crippen LogP contribution in [0.25, 0.3) is 0 Å². The quantitative estimate of drug-likeness (QED) is 0.664. The monoisotopic (exact) mass is 341 g/mol. The van der Waals surface area contributed by atoms with Crippen LogP contribution in [0.1, 0.15) is 5.56 Å². The molecule has 1 N–H and O–H groups in total. The summed E-state index contributed by atoms with van der Waals surface area (Å²) >= 11 is 5.64. The van der Waals surface area contributed by atoms with Crippen LogP contribution in [0.5, 0.6) is 0 Å². The van der Waals surface area contributed by atoms with Crippen LogP contribution >= 0.6 is 11.6 Å². The van der Waals surface area contributed by atoms with Gasteiger partial charge in [-0.1, -0.05) is 11.6 Å². The van der Waals surface area contributed by atoms with Gasteiger partial charge in [0.1, 0.15) is 16.7 Å². The molecule has 0 saturated heterocycles. The number of rotatable bonds is 4. The molecule has 0 amide bonds. The van der Waals surface area contributed by atoms with Gasteiger partial charge in [0.05, 0.1) is 16.0 Å². The lowest BCUT2D eigenvalue weighted by molar-refractivity contribution is -0.384. The first-order valence-corrected chi connectivity index (χ1v) is 7.51. The molecule has 0 spiro atoms. The molecule has 0 radical (unpaired) electrons. The average molecular weight is 342 g/mol. The molecule has 9 nitrogen and oxygen atoms in total. The molecule has 0 aliphatic carbocycles. The molecule has 1 aromatic carbocycles. The molecule has 0 fully saturated rings. The first kappa shape index (κ1) is 15.7. The van der Waals surface area contributed by atoms with Gasteiger partial charge in [-0.2, -0.15) is 10.4 Å². The van der Waals surface area contributed by atoms with Gasteiger partial charge >= 0.3 is 0 Å². The van der Waals surface area contributed by atoms with Crippen LogP contribution in [0.2, 0.25) is 5.02 Å². The molecule has 0 unspecified atom stereocenters. The van der Waals surface area contributed by atoms with Crippen LogP contribution in [0.15, 0.2) is 29.3 Å². The van der Waals surface area contributed by atoms with Gasteiger partial charge in [0.2, 0.25) is 0 Å². The van der Waals surface area contributed by atoms with Crippen LogP contribution in [0, 0.1) is 21.4 Å². The summed E-state index contributed by atoms with van der Waals surface area (Å²) in [5, 5.41) is 23.3. The van der Waals surface area contributed by atoms with Gasteiger partial charge in [0.25, 0.3) is 15.7 Å². The highest BCUT2D eigenvalue weighted by atomic mass is 35.5. The van der Waals surface area contributed by atoms with Crippen LogP contribution in [0.4, 0.5) is 11.5 Å². The third-order valence-corrected chi connectivity index (χ3v) is 4.37. The maximum Gasteiger partial charge on any atom is 0.289 e. The van der Waals surface area contributed by atoms with Crippen LogP contribution in [-0.4, -0.2) is 23.1 Å². The highest BCUT2D eigenvalue weighted by Gasteiger charge is 2.23. The van der Waals surface area contributed by atoms with Gasteiger partial charge in [0, 0.05) is 13.1 Å². The number of hydrogen-bond acceptors (Lipinski definition) is 6. The third kappa shape index (κ3) is 2.85. The number of anilines is 1. The van der Waals surface area contributed by atoms with E-state index >= 15 is 0 Å². The number of aryl methyl sites for hydroxylation is 1. The number of nitro benzene ring substituents is 1. The molecule has 11 heteroatoms. The van der Waals surface area contributed by atoms with Crippen molar-refractivity contribution in [3.63, 3.8) is 0 Å². The lowest BCUT2D eigenvalue weighted by Gasteiger charge is -2.08. The minimum atomic E-state index is -4.14. The fraction of sp³-hybridized carbons (Fsp3) is 0.0909. The van der Waals surface area contributed by atoms with Crippen molar-refractivity contribution < 1.29 is 13.3 Å². The Morgan fingerprint density at radius 1 is 1.50 bits per heavy atom. The first-order valence-electron chi connectivity index (χ1n) is 5.65. The summed E-state index contributed by atoms with van der Waals surface area (Å²) in [5.74, 6) is -0.0416. The second-order valence-corrected chi connectivity index (χ2v) is 6.21. The van der Waals surface area contributed by atoms with Crippen molar-refractivity contribution in [3.05, 3.63) is 45.1 Å². The summed E-state index contributed by atoms with van der Waals surface area (Å²) in [4.78, 5) is 9.68. The summed E-state index contributed by atoms with van der Waals surface area (Å²) in [6.45, 7) is 0. The number of nitro groups is 1. The topological polar surface area (TPSA) is 131 Å². The molecule has 2 rings (SSSR count). The first-order chi connectivity index (χ1) is 10.3. The minimum absolute atomic E-state index is 0.0227. The number of nitrogens with one attached hydrogen (secondary N) is 1. The van der Waals surface area contributed by atoms with Gasteiger partial charge in [0.15, 0.2) is 5.82 Å². The van der Waals surface area contributed by atoms with Gasteiger partial charge in [-0.3, -0.25) is 19.5 Å². The molecule has 22 heavy (non-hydrogen) atoms. The Hall–Kier alpha value is -2.64. The molecule has 2 aromatic rings. The predicted octanol–water partition coefficient (Wildman–Crippen LogP) is 1.65. The third-order valence-electron chi connectivity index (χ3n) is 2.71. The molecule has 114 valence electrons. The SMILES string of the molecule is Cn1ncc(C#N)c1NS(=O)(=O)c1ccc(Cl)c([N+](=O)[O-])c1. The van der Waals surface area contributed by atoms with E-state index in [1.54, 1.807) is 6.07 Å². The van der Waals surface area contributed by atoms with E-state index in [0.717, 1.165) is 18.2 Å². The minimum Gasteiger partial charge on any atom is -0.262 e. The van der Waals surface area contributed by atoms with Crippen molar-refractivity contribution in [3.8, 4) is 6.07 Å². The maximum absolute atomic E-state index is 12.3. The molecular formula is C11H8ClN5O4S. The Morgan fingerprint density at radius 3 is 2.77 bits per heavy atom. The van der Waals surface area contributed by atoms with E-state index in [1.165, 1.54) is 17.9 Å². The number of halogens is 1. The molecular weight excluding hydrogens is 334 g/mol. The number of benzene rings is 1. The molecule has 0 aliphatic rings. The van der Waals surface area contributed by atoms with E-state index in [0.29, 0.717) is 0 Å². The average Bonchev–Trinajstić information content (AvgIpc) is 2.79. The van der Waals surface area contributed by atoms with Gasteiger partial charge < -0.3 is 0 Å². The fourth-order valence-electron chi connectivity index (χ4n) is 1.63. The Kier molecular flexibility index (Phi) is 4.03. The maximum atomic E-state index is 12.3. The summed E-state index contributed by atoms with van der Waals surface area (Å²) < 4.78 is 27.9. The van der Waals surface area contributed by atoms with Crippen LogP contribution < -0.4 is 4.72 Å². The summed E-state index contributed by atoms with van der Waals surface area (Å²) in [5.41, 5.74) is -0.510. The Labute approximate surface area is 129 Å². The van der Waals surface area contributed by atoms with Crippen molar-refractivity contribution in [2.75, 3.05) is 4.72 Å². The van der Waals surface area contributed by atoms with Crippen molar-refractivity contribution in [2.45, 2.75) is 4.90 Å². The number of nitrogens with zero attached hydrogens (tertiary/aromatic N) is 4. The molecule has 0 aliphatic heterocycles. The van der Waals surface area contributed by atoms with Crippen molar-refractivity contribution >= 4 is 33.1 Å². The molecule has 0 saturated carbocycles. The van der Waals surface area contributed by atoms with Crippen molar-refractivity contribution in [2.24, 2.45) is 7.05 Å². The number of sulfonamides is 1. The van der Waals surface area contributed by atoms with Gasteiger partial charge in [-0.05, 0) is 12.1 Å². The highest BCUT2D eigenvalue weighted by Crippen LogP contribution is 2.28. The standard InChI is InChI=1S/C11H8ClN5O4S/c1-16-11(7(5-13)6-14-16)15-22(20,21)8-2-3-9(12)10(4-8)17(18)19/h2-4,6,15H,1H3. The van der Waals surface area contributed by atoms with E-state index in [9.17, 15) is 18.5 Å². The highest BCUT2D eigenvalue weighted by molar-refractivity contribution is 7.92. The van der Waals surface area contributed by atoms with E-state index in [1.807, 2.05) is 0 Å². The second-order valence-electron chi connectivity index (χ2n) is 4.12. The molecule has 0 bridgehead atoms. The molecule has 1 heterocycles. The largest absolute Gasteiger partial charge is 0.289 e. The Balaban J connectivity index is 2.48.